The largest absolute Gasteiger partial charge is 0.393 e. The molecule has 1 heterocycles. The molecule has 4 heteroatoms. The molecule has 0 bridgehead atoms. The van der Waals surface area contributed by atoms with Crippen LogP contribution in [0.3, 0.4) is 0 Å². The smallest absolute Gasteiger partial charge is 0.169 e. The van der Waals surface area contributed by atoms with Gasteiger partial charge in [-0.15, -0.1) is 0 Å². The summed E-state index contributed by atoms with van der Waals surface area (Å²) in [6, 6.07) is 3.11. The third-order valence-corrected chi connectivity index (χ3v) is 1.60. The maximum Gasteiger partial charge on any atom is 0.169 e. The van der Waals surface area contributed by atoms with E-state index < -0.39 is 12.2 Å². The highest BCUT2D eigenvalue weighted by atomic mass is 16.3. The lowest BCUT2D eigenvalue weighted by atomic mass is 9.99. The molecule has 0 aliphatic rings. The molecule has 1 aromatic rings. The summed E-state index contributed by atoms with van der Waals surface area (Å²) < 4.78 is 0. The molecule has 4 nitrogen and oxygen atoms in total. The summed E-state index contributed by atoms with van der Waals surface area (Å²) in [6.07, 6.45) is 3.15. The maximum atomic E-state index is 10.4. The van der Waals surface area contributed by atoms with Crippen LogP contribution >= 0.6 is 0 Å². The van der Waals surface area contributed by atoms with Crippen LogP contribution in [0, 0.1) is 0 Å². The molecular formula is C8H9NO3. The standard InChI is InChI=1S/C8H9NO3/c10-5-8(12,6-11)7-2-1-3-9-4-7/h1-5,11-12H,6H2. The number of hydrogen-bond donors (Lipinski definition) is 2. The quantitative estimate of drug-likeness (QED) is 0.593. The Kier molecular flexibility index (Phi) is 2.52. The van der Waals surface area contributed by atoms with E-state index in [-0.39, 0.29) is 0 Å². The molecule has 1 rings (SSSR count). The summed E-state index contributed by atoms with van der Waals surface area (Å²) in [5.41, 5.74) is -1.52. The lowest BCUT2D eigenvalue weighted by Gasteiger charge is -2.17. The number of carbonyl (C=O) groups is 1. The summed E-state index contributed by atoms with van der Waals surface area (Å²) >= 11 is 0. The summed E-state index contributed by atoms with van der Waals surface area (Å²) in [7, 11) is 0. The number of aromatic nitrogens is 1. The van der Waals surface area contributed by atoms with E-state index in [2.05, 4.69) is 4.98 Å². The molecule has 0 fully saturated rings. The normalized spacial score (nSPS) is 15.2. The first-order valence-electron chi connectivity index (χ1n) is 3.43. The van der Waals surface area contributed by atoms with Crippen molar-refractivity contribution in [3.8, 4) is 0 Å². The van der Waals surface area contributed by atoms with Crippen molar-refractivity contribution in [1.29, 1.82) is 0 Å². The van der Waals surface area contributed by atoms with Crippen molar-refractivity contribution in [3.63, 3.8) is 0 Å². The van der Waals surface area contributed by atoms with E-state index in [0.717, 1.165) is 0 Å². The predicted molar refractivity (Wildman–Crippen MR) is 41.3 cm³/mol. The van der Waals surface area contributed by atoms with Crippen molar-refractivity contribution in [2.75, 3.05) is 6.61 Å². The van der Waals surface area contributed by atoms with Gasteiger partial charge >= 0.3 is 0 Å². The number of rotatable bonds is 3. The zero-order valence-corrected chi connectivity index (χ0v) is 6.34. The second-order valence-electron chi connectivity index (χ2n) is 2.44. The van der Waals surface area contributed by atoms with Crippen LogP contribution in [0.4, 0.5) is 0 Å². The van der Waals surface area contributed by atoms with Gasteiger partial charge in [-0.1, -0.05) is 6.07 Å². The number of aliphatic hydroxyl groups is 2. The predicted octanol–water partition coefficient (Wildman–Crippen LogP) is -0.540. The molecule has 0 spiro atoms. The fourth-order valence-electron chi connectivity index (χ4n) is 0.815. The molecule has 12 heavy (non-hydrogen) atoms. The Hall–Kier alpha value is -1.26. The number of pyridine rings is 1. The van der Waals surface area contributed by atoms with Crippen molar-refractivity contribution in [2.24, 2.45) is 0 Å². The Morgan fingerprint density at radius 2 is 2.42 bits per heavy atom. The average Bonchev–Trinajstić information content (AvgIpc) is 2.18. The Bertz CT molecular complexity index is 262. The van der Waals surface area contributed by atoms with Gasteiger partial charge in [0.1, 0.15) is 0 Å². The zero-order valence-electron chi connectivity index (χ0n) is 6.34. The number of aliphatic hydroxyl groups excluding tert-OH is 1. The van der Waals surface area contributed by atoms with E-state index in [1.165, 1.54) is 18.5 Å². The molecular weight excluding hydrogens is 158 g/mol. The first-order chi connectivity index (χ1) is 5.73. The molecule has 0 saturated heterocycles. The van der Waals surface area contributed by atoms with Crippen LogP contribution in [-0.2, 0) is 10.4 Å². The number of carbonyl (C=O) groups excluding carboxylic acids is 1. The molecule has 1 unspecified atom stereocenters. The van der Waals surface area contributed by atoms with Crippen LogP contribution in [0.2, 0.25) is 0 Å². The number of aldehydes is 1. The van der Waals surface area contributed by atoms with E-state index in [0.29, 0.717) is 11.8 Å². The molecule has 2 N–H and O–H groups in total. The first-order valence-corrected chi connectivity index (χ1v) is 3.43. The van der Waals surface area contributed by atoms with Crippen LogP contribution < -0.4 is 0 Å². The van der Waals surface area contributed by atoms with E-state index in [4.69, 9.17) is 5.11 Å². The fourth-order valence-corrected chi connectivity index (χ4v) is 0.815. The summed E-state index contributed by atoms with van der Waals surface area (Å²) in [5.74, 6) is 0. The van der Waals surface area contributed by atoms with Crippen molar-refractivity contribution < 1.29 is 15.0 Å². The van der Waals surface area contributed by atoms with Gasteiger partial charge in [0.2, 0.25) is 0 Å². The second-order valence-corrected chi connectivity index (χ2v) is 2.44. The average molecular weight is 167 g/mol. The van der Waals surface area contributed by atoms with Crippen LogP contribution in [0.15, 0.2) is 24.5 Å². The van der Waals surface area contributed by atoms with Crippen LogP contribution in [0.1, 0.15) is 5.56 Å². The lowest BCUT2D eigenvalue weighted by Crippen LogP contribution is -2.31. The minimum Gasteiger partial charge on any atom is -0.393 e. The van der Waals surface area contributed by atoms with Crippen LogP contribution in [0.25, 0.3) is 0 Å². The highest BCUT2D eigenvalue weighted by Crippen LogP contribution is 2.15. The molecule has 1 atom stereocenters. The Balaban J connectivity index is 3.03. The summed E-state index contributed by atoms with van der Waals surface area (Å²) in [5, 5.41) is 18.2. The third kappa shape index (κ3) is 1.49. The minimum atomic E-state index is -1.81. The number of nitrogens with zero attached hydrogens (tertiary/aromatic N) is 1. The van der Waals surface area contributed by atoms with Crippen LogP contribution in [-0.4, -0.2) is 28.1 Å². The first kappa shape index (κ1) is 8.83. The Labute approximate surface area is 69.5 Å². The topological polar surface area (TPSA) is 70.4 Å². The Morgan fingerprint density at radius 3 is 2.83 bits per heavy atom. The van der Waals surface area contributed by atoms with E-state index in [9.17, 15) is 9.90 Å². The molecule has 1 aromatic heterocycles. The van der Waals surface area contributed by atoms with Gasteiger partial charge in [0.25, 0.3) is 0 Å². The van der Waals surface area contributed by atoms with Gasteiger partial charge in [0.05, 0.1) is 6.61 Å². The molecule has 0 radical (unpaired) electrons. The van der Waals surface area contributed by atoms with Crippen LogP contribution in [0.5, 0.6) is 0 Å². The van der Waals surface area contributed by atoms with Gasteiger partial charge < -0.3 is 10.2 Å². The van der Waals surface area contributed by atoms with Gasteiger partial charge in [-0.2, -0.15) is 0 Å². The van der Waals surface area contributed by atoms with Crippen molar-refractivity contribution in [3.05, 3.63) is 30.1 Å². The highest BCUT2D eigenvalue weighted by Gasteiger charge is 2.27. The van der Waals surface area contributed by atoms with Gasteiger partial charge in [-0.3, -0.25) is 9.78 Å². The van der Waals surface area contributed by atoms with Crippen molar-refractivity contribution >= 4 is 6.29 Å². The number of hydrogen-bond acceptors (Lipinski definition) is 4. The third-order valence-electron chi connectivity index (χ3n) is 1.60. The molecule has 64 valence electrons. The lowest BCUT2D eigenvalue weighted by molar-refractivity contribution is -0.129. The Morgan fingerprint density at radius 1 is 1.67 bits per heavy atom. The van der Waals surface area contributed by atoms with Gasteiger partial charge in [0.15, 0.2) is 11.9 Å². The monoisotopic (exact) mass is 167 g/mol. The minimum absolute atomic E-state index is 0.294. The van der Waals surface area contributed by atoms with E-state index in [1.54, 1.807) is 6.07 Å². The molecule has 0 aliphatic heterocycles. The highest BCUT2D eigenvalue weighted by molar-refractivity contribution is 5.65. The molecule has 0 amide bonds. The summed E-state index contributed by atoms with van der Waals surface area (Å²) in [6.45, 7) is -0.637. The summed E-state index contributed by atoms with van der Waals surface area (Å²) in [4.78, 5) is 14.1. The van der Waals surface area contributed by atoms with Crippen molar-refractivity contribution in [1.82, 2.24) is 4.98 Å². The SMILES string of the molecule is O=CC(O)(CO)c1cccnc1. The maximum absolute atomic E-state index is 10.4. The van der Waals surface area contributed by atoms with Gasteiger partial charge in [0, 0.05) is 18.0 Å². The molecule has 0 saturated carbocycles. The zero-order chi connectivity index (χ0) is 9.03. The van der Waals surface area contributed by atoms with Gasteiger partial charge in [-0.05, 0) is 6.07 Å². The van der Waals surface area contributed by atoms with E-state index >= 15 is 0 Å². The van der Waals surface area contributed by atoms with E-state index in [1.807, 2.05) is 0 Å². The second kappa shape index (κ2) is 3.42. The molecule has 0 aromatic carbocycles. The fraction of sp³-hybridized carbons (Fsp3) is 0.250. The van der Waals surface area contributed by atoms with Gasteiger partial charge in [-0.25, -0.2) is 0 Å². The molecule has 0 aliphatic carbocycles. The van der Waals surface area contributed by atoms with Crippen molar-refractivity contribution in [2.45, 2.75) is 5.60 Å².